The lowest BCUT2D eigenvalue weighted by Gasteiger charge is -2.25. The van der Waals surface area contributed by atoms with Gasteiger partial charge < -0.3 is 9.47 Å². The molecule has 0 N–H and O–H groups in total. The first kappa shape index (κ1) is 23.3. The van der Waals surface area contributed by atoms with Crippen molar-refractivity contribution in [3.8, 4) is 11.6 Å². The first-order chi connectivity index (χ1) is 13.9. The van der Waals surface area contributed by atoms with Crippen LogP contribution in [0.4, 0.5) is 18.9 Å². The van der Waals surface area contributed by atoms with Crippen molar-refractivity contribution in [1.29, 1.82) is 0 Å². The molecule has 2 rings (SSSR count). The minimum atomic E-state index is -6.15. The fraction of sp³-hybridized carbons (Fsp3) is 0.250. The van der Waals surface area contributed by atoms with Gasteiger partial charge in [-0.25, -0.2) is 4.79 Å². The van der Waals surface area contributed by atoms with Crippen molar-refractivity contribution in [2.24, 2.45) is 0 Å². The first-order valence-electron chi connectivity index (χ1n) is 7.96. The maximum atomic E-state index is 13.1. The number of benzene rings is 1. The number of nitrogens with zero attached hydrogens (tertiary/aromatic N) is 3. The number of hydrogen-bond acceptors (Lipinski definition) is 8. The van der Waals surface area contributed by atoms with E-state index in [-0.39, 0.29) is 16.8 Å². The summed E-state index contributed by atoms with van der Waals surface area (Å²) < 4.78 is 72.7. The van der Waals surface area contributed by atoms with E-state index in [0.29, 0.717) is 0 Å². The average molecular weight is 468 g/mol. The van der Waals surface area contributed by atoms with Gasteiger partial charge in [0.05, 0.1) is 18.4 Å². The van der Waals surface area contributed by atoms with Crippen LogP contribution in [0.25, 0.3) is 0 Å². The van der Waals surface area contributed by atoms with Gasteiger partial charge in [-0.1, -0.05) is 18.5 Å². The van der Waals surface area contributed by atoms with Gasteiger partial charge in [0.1, 0.15) is 5.75 Å². The van der Waals surface area contributed by atoms with Crippen LogP contribution in [-0.2, 0) is 19.6 Å². The SMILES string of the molecule is CCC(=O)N(c1ccc(Oc2ccc(Cl)nn2)cc1C(=O)OC)S(=O)(=O)C(F)(F)F. The molecule has 0 aliphatic heterocycles. The Hall–Kier alpha value is -2.93. The molecule has 30 heavy (non-hydrogen) atoms. The Morgan fingerprint density at radius 2 is 1.83 bits per heavy atom. The first-order valence-corrected chi connectivity index (χ1v) is 9.78. The maximum absolute atomic E-state index is 13.1. The van der Waals surface area contributed by atoms with Gasteiger partial charge in [-0.3, -0.25) is 4.79 Å². The minimum Gasteiger partial charge on any atom is -0.465 e. The molecule has 0 saturated carbocycles. The highest BCUT2D eigenvalue weighted by molar-refractivity contribution is 7.94. The second-order valence-electron chi connectivity index (χ2n) is 5.43. The predicted molar refractivity (Wildman–Crippen MR) is 97.6 cm³/mol. The highest BCUT2D eigenvalue weighted by Gasteiger charge is 2.52. The molecule has 0 spiro atoms. The standard InChI is InChI=1S/C16H13ClF3N3O6S/c1-3-14(24)23(30(26,27)16(18,19)20)11-5-4-9(8-10(11)15(25)28-2)29-13-7-6-12(17)21-22-13/h4-8H,3H2,1-2H3. The highest BCUT2D eigenvalue weighted by atomic mass is 35.5. The van der Waals surface area contributed by atoms with Gasteiger partial charge in [0.15, 0.2) is 5.15 Å². The van der Waals surface area contributed by atoms with E-state index in [9.17, 15) is 31.2 Å². The van der Waals surface area contributed by atoms with Gasteiger partial charge in [0, 0.05) is 12.5 Å². The molecule has 1 aromatic heterocycles. The van der Waals surface area contributed by atoms with Gasteiger partial charge in [-0.05, 0) is 24.3 Å². The number of amides is 1. The number of anilines is 1. The molecular weight excluding hydrogens is 455 g/mol. The number of methoxy groups -OCH3 is 1. The minimum absolute atomic E-state index is 0.0685. The van der Waals surface area contributed by atoms with Crippen LogP contribution in [0.3, 0.4) is 0 Å². The lowest BCUT2D eigenvalue weighted by Crippen LogP contribution is -2.45. The number of ether oxygens (including phenoxy) is 2. The van der Waals surface area contributed by atoms with E-state index in [1.165, 1.54) is 12.1 Å². The predicted octanol–water partition coefficient (Wildman–Crippen LogP) is 3.30. The summed E-state index contributed by atoms with van der Waals surface area (Å²) in [7, 11) is -5.22. The van der Waals surface area contributed by atoms with Crippen LogP contribution in [0.5, 0.6) is 11.6 Å². The van der Waals surface area contributed by atoms with Crippen molar-refractivity contribution in [3.63, 3.8) is 0 Å². The fourth-order valence-corrected chi connectivity index (χ4v) is 3.28. The summed E-state index contributed by atoms with van der Waals surface area (Å²) in [5.41, 5.74) is -7.30. The second-order valence-corrected chi connectivity index (χ2v) is 7.59. The summed E-state index contributed by atoms with van der Waals surface area (Å²) in [5, 5.41) is 7.21. The maximum Gasteiger partial charge on any atom is 0.517 e. The molecule has 14 heteroatoms. The lowest BCUT2D eigenvalue weighted by molar-refractivity contribution is -0.117. The third-order valence-corrected chi connectivity index (χ3v) is 5.15. The van der Waals surface area contributed by atoms with Crippen molar-refractivity contribution in [2.45, 2.75) is 18.9 Å². The van der Waals surface area contributed by atoms with E-state index in [4.69, 9.17) is 16.3 Å². The molecule has 9 nitrogen and oxygen atoms in total. The molecule has 0 radical (unpaired) electrons. The zero-order chi connectivity index (χ0) is 22.7. The van der Waals surface area contributed by atoms with Gasteiger partial charge in [-0.2, -0.15) is 25.9 Å². The monoisotopic (exact) mass is 467 g/mol. The summed E-state index contributed by atoms with van der Waals surface area (Å²) in [4.78, 5) is 24.2. The van der Waals surface area contributed by atoms with Gasteiger partial charge in [-0.15, -0.1) is 10.2 Å². The average Bonchev–Trinajstić information content (AvgIpc) is 2.69. The molecule has 1 amide bonds. The van der Waals surface area contributed by atoms with Crippen molar-refractivity contribution in [2.75, 3.05) is 11.4 Å². The Balaban J connectivity index is 2.63. The molecule has 0 aliphatic carbocycles. The van der Waals surface area contributed by atoms with Crippen LogP contribution in [0.2, 0.25) is 5.15 Å². The van der Waals surface area contributed by atoms with Crippen molar-refractivity contribution >= 4 is 39.2 Å². The van der Waals surface area contributed by atoms with Crippen LogP contribution >= 0.6 is 11.6 Å². The quantitative estimate of drug-likeness (QED) is 0.594. The van der Waals surface area contributed by atoms with Gasteiger partial charge in [0.25, 0.3) is 0 Å². The lowest BCUT2D eigenvalue weighted by atomic mass is 10.1. The van der Waals surface area contributed by atoms with Crippen molar-refractivity contribution in [3.05, 3.63) is 41.0 Å². The smallest absolute Gasteiger partial charge is 0.465 e. The van der Waals surface area contributed by atoms with Crippen LogP contribution in [0, 0.1) is 0 Å². The second kappa shape index (κ2) is 8.83. The number of halogens is 4. The van der Waals surface area contributed by atoms with Gasteiger partial charge >= 0.3 is 21.5 Å². The summed E-state index contributed by atoms with van der Waals surface area (Å²) in [5.74, 6) is -2.81. The van der Waals surface area contributed by atoms with E-state index in [0.717, 1.165) is 32.2 Å². The zero-order valence-corrected chi connectivity index (χ0v) is 16.9. The zero-order valence-electron chi connectivity index (χ0n) is 15.3. The molecule has 0 bridgehead atoms. The normalized spacial score (nSPS) is 11.7. The molecule has 2 aromatic rings. The molecule has 0 fully saturated rings. The third-order valence-electron chi connectivity index (χ3n) is 3.48. The van der Waals surface area contributed by atoms with Gasteiger partial charge in [0.2, 0.25) is 11.8 Å². The fourth-order valence-electron chi connectivity index (χ4n) is 2.15. The third kappa shape index (κ3) is 4.79. The van der Waals surface area contributed by atoms with E-state index in [2.05, 4.69) is 14.9 Å². The number of sulfonamides is 1. The number of esters is 1. The van der Waals surface area contributed by atoms with E-state index in [1.54, 1.807) is 0 Å². The van der Waals surface area contributed by atoms with E-state index in [1.807, 2.05) is 0 Å². The highest BCUT2D eigenvalue weighted by Crippen LogP contribution is 2.35. The van der Waals surface area contributed by atoms with Crippen LogP contribution in [0.15, 0.2) is 30.3 Å². The number of carbonyl (C=O) groups excluding carboxylic acids is 2. The topological polar surface area (TPSA) is 116 Å². The number of rotatable bonds is 6. The van der Waals surface area contributed by atoms with E-state index >= 15 is 0 Å². The van der Waals surface area contributed by atoms with Crippen molar-refractivity contribution < 1.29 is 40.7 Å². The molecule has 0 aliphatic rings. The Kier molecular flexibility index (Phi) is 6.87. The van der Waals surface area contributed by atoms with Crippen LogP contribution in [-0.4, -0.2) is 43.1 Å². The number of carbonyl (C=O) groups is 2. The van der Waals surface area contributed by atoms with Crippen LogP contribution < -0.4 is 9.04 Å². The Morgan fingerprint density at radius 1 is 1.17 bits per heavy atom. The van der Waals surface area contributed by atoms with E-state index < -0.39 is 49.4 Å². The number of hydrogen-bond donors (Lipinski definition) is 0. The van der Waals surface area contributed by atoms with Crippen LogP contribution in [0.1, 0.15) is 23.7 Å². The van der Waals surface area contributed by atoms with Crippen molar-refractivity contribution in [1.82, 2.24) is 10.2 Å². The molecule has 162 valence electrons. The molecule has 0 saturated heterocycles. The largest absolute Gasteiger partial charge is 0.517 e. The number of aromatic nitrogens is 2. The molecule has 1 heterocycles. The number of alkyl halides is 3. The summed E-state index contributed by atoms with van der Waals surface area (Å²) in [6, 6.07) is 5.42. The summed E-state index contributed by atoms with van der Waals surface area (Å²) >= 11 is 5.60. The molecule has 0 atom stereocenters. The molecule has 0 unspecified atom stereocenters. The Labute approximate surface area is 173 Å². The molecular formula is C16H13ClF3N3O6S. The Morgan fingerprint density at radius 3 is 2.33 bits per heavy atom. The summed E-state index contributed by atoms with van der Waals surface area (Å²) in [6.07, 6.45) is -0.589. The Bertz CT molecular complexity index is 1060. The molecule has 1 aromatic carbocycles. The summed E-state index contributed by atoms with van der Waals surface area (Å²) in [6.45, 7) is 1.16.